The van der Waals surface area contributed by atoms with Gasteiger partial charge in [-0.3, -0.25) is 13.8 Å². The molecule has 0 atom stereocenters. The standard InChI is InChI=1S/C24H23N5O4S/c1-28-9-10-33-23-6-4-16(11-22(23)28)20-5-3-17-13-25-19(12-21(17)27-20)14-26-24(30)18-7-8-29(15-18)34(2,31)32/h3-8,11-13,15H,9-10,14H2,1-2H3,(H,26,30). The first-order chi connectivity index (χ1) is 16.3. The van der Waals surface area contributed by atoms with Crippen molar-refractivity contribution >= 4 is 32.5 Å². The van der Waals surface area contributed by atoms with Crippen molar-refractivity contribution < 1.29 is 17.9 Å². The van der Waals surface area contributed by atoms with Crippen LogP contribution in [0.5, 0.6) is 5.75 Å². The van der Waals surface area contributed by atoms with Crippen LogP contribution in [0.2, 0.25) is 0 Å². The maximum atomic E-state index is 12.4. The Labute approximate surface area is 197 Å². The normalized spacial score (nSPS) is 13.4. The largest absolute Gasteiger partial charge is 0.490 e. The van der Waals surface area contributed by atoms with Gasteiger partial charge in [0.25, 0.3) is 5.91 Å². The number of rotatable bonds is 5. The number of amides is 1. The van der Waals surface area contributed by atoms with E-state index in [2.05, 4.69) is 21.3 Å². The molecular formula is C24H23N5O4S. The lowest BCUT2D eigenvalue weighted by Gasteiger charge is -2.28. The Hall–Kier alpha value is -3.92. The molecule has 0 spiro atoms. The van der Waals surface area contributed by atoms with Gasteiger partial charge in [0, 0.05) is 36.6 Å². The highest BCUT2D eigenvalue weighted by Crippen LogP contribution is 2.34. The van der Waals surface area contributed by atoms with Crippen molar-refractivity contribution in [1.29, 1.82) is 0 Å². The first-order valence-corrected chi connectivity index (χ1v) is 12.5. The maximum Gasteiger partial charge on any atom is 0.253 e. The van der Waals surface area contributed by atoms with Gasteiger partial charge in [0.05, 0.1) is 47.5 Å². The van der Waals surface area contributed by atoms with E-state index in [-0.39, 0.29) is 18.0 Å². The summed E-state index contributed by atoms with van der Waals surface area (Å²) in [4.78, 5) is 23.8. The van der Waals surface area contributed by atoms with Gasteiger partial charge in [-0.05, 0) is 42.5 Å². The molecule has 0 aliphatic carbocycles. The number of anilines is 1. The van der Waals surface area contributed by atoms with Gasteiger partial charge in [0.2, 0.25) is 10.0 Å². The summed E-state index contributed by atoms with van der Waals surface area (Å²) in [5, 5.41) is 3.66. The minimum Gasteiger partial charge on any atom is -0.490 e. The average Bonchev–Trinajstić information content (AvgIpc) is 3.33. The van der Waals surface area contributed by atoms with Crippen LogP contribution in [-0.4, -0.2) is 54.7 Å². The Balaban J connectivity index is 1.36. The molecule has 4 heterocycles. The van der Waals surface area contributed by atoms with Crippen LogP contribution < -0.4 is 15.0 Å². The Morgan fingerprint density at radius 1 is 1.18 bits per heavy atom. The SMILES string of the molecule is CN1CCOc2ccc(-c3ccc4cnc(CNC(=O)c5ccn(S(C)(=O)=O)c5)cc4n3)cc21. The van der Waals surface area contributed by atoms with Crippen molar-refractivity contribution in [2.75, 3.05) is 31.4 Å². The number of hydrogen-bond acceptors (Lipinski definition) is 7. The van der Waals surface area contributed by atoms with Crippen molar-refractivity contribution in [3.05, 3.63) is 72.3 Å². The smallest absolute Gasteiger partial charge is 0.253 e. The Kier molecular flexibility index (Phi) is 5.45. The summed E-state index contributed by atoms with van der Waals surface area (Å²) in [5.41, 5.74) is 4.52. The molecule has 34 heavy (non-hydrogen) atoms. The highest BCUT2D eigenvalue weighted by molar-refractivity contribution is 7.89. The molecular weight excluding hydrogens is 454 g/mol. The van der Waals surface area contributed by atoms with E-state index in [4.69, 9.17) is 9.72 Å². The number of aromatic nitrogens is 3. The maximum absolute atomic E-state index is 12.4. The monoisotopic (exact) mass is 477 g/mol. The van der Waals surface area contributed by atoms with Crippen molar-refractivity contribution in [2.45, 2.75) is 6.54 Å². The molecule has 1 N–H and O–H groups in total. The molecule has 0 radical (unpaired) electrons. The minimum absolute atomic E-state index is 0.186. The lowest BCUT2D eigenvalue weighted by Crippen LogP contribution is -2.28. The van der Waals surface area contributed by atoms with E-state index < -0.39 is 10.0 Å². The quantitative estimate of drug-likeness (QED) is 0.471. The predicted molar refractivity (Wildman–Crippen MR) is 130 cm³/mol. The number of carbonyl (C=O) groups is 1. The summed E-state index contributed by atoms with van der Waals surface area (Å²) < 4.78 is 29.9. The zero-order valence-electron chi connectivity index (χ0n) is 18.7. The van der Waals surface area contributed by atoms with Gasteiger partial charge in [-0.15, -0.1) is 0 Å². The number of nitrogens with zero attached hydrogens (tertiary/aromatic N) is 4. The molecule has 4 aromatic rings. The van der Waals surface area contributed by atoms with Crippen LogP contribution in [-0.2, 0) is 16.6 Å². The van der Waals surface area contributed by atoms with Crippen molar-refractivity contribution in [3.63, 3.8) is 0 Å². The van der Waals surface area contributed by atoms with Gasteiger partial charge in [-0.25, -0.2) is 13.4 Å². The van der Waals surface area contributed by atoms with Crippen molar-refractivity contribution in [1.82, 2.24) is 19.3 Å². The van der Waals surface area contributed by atoms with E-state index in [0.29, 0.717) is 12.3 Å². The number of ether oxygens (including phenoxy) is 1. The molecule has 0 saturated heterocycles. The van der Waals surface area contributed by atoms with Gasteiger partial charge in [-0.1, -0.05) is 0 Å². The number of fused-ring (bicyclic) bond motifs is 2. The van der Waals surface area contributed by atoms with Crippen molar-refractivity contribution in [3.8, 4) is 17.0 Å². The third-order valence-electron chi connectivity index (χ3n) is 5.72. The summed E-state index contributed by atoms with van der Waals surface area (Å²) in [5.74, 6) is 0.485. The second kappa shape index (κ2) is 8.45. The molecule has 0 bridgehead atoms. The molecule has 3 aromatic heterocycles. The zero-order valence-corrected chi connectivity index (χ0v) is 19.5. The molecule has 1 aliphatic rings. The van der Waals surface area contributed by atoms with Gasteiger partial charge >= 0.3 is 0 Å². The number of pyridine rings is 2. The van der Waals surface area contributed by atoms with Gasteiger partial charge in [-0.2, -0.15) is 0 Å². The van der Waals surface area contributed by atoms with E-state index in [1.807, 2.05) is 37.4 Å². The van der Waals surface area contributed by atoms with Gasteiger partial charge in [0.1, 0.15) is 12.4 Å². The molecule has 0 fully saturated rings. The summed E-state index contributed by atoms with van der Waals surface area (Å²) in [6.45, 7) is 1.69. The summed E-state index contributed by atoms with van der Waals surface area (Å²) in [7, 11) is -1.39. The summed E-state index contributed by atoms with van der Waals surface area (Å²) in [6, 6.07) is 13.3. The Bertz CT molecular complexity index is 1510. The number of carbonyl (C=O) groups excluding carboxylic acids is 1. The third-order valence-corrected chi connectivity index (χ3v) is 6.72. The van der Waals surface area contributed by atoms with Crippen LogP contribution >= 0.6 is 0 Å². The second-order valence-electron chi connectivity index (χ2n) is 8.19. The fourth-order valence-electron chi connectivity index (χ4n) is 3.82. The summed E-state index contributed by atoms with van der Waals surface area (Å²) >= 11 is 0. The van der Waals surface area contributed by atoms with E-state index >= 15 is 0 Å². The third kappa shape index (κ3) is 4.32. The highest BCUT2D eigenvalue weighted by atomic mass is 32.2. The topological polar surface area (TPSA) is 106 Å². The van der Waals surface area contributed by atoms with E-state index in [9.17, 15) is 13.2 Å². The van der Waals surface area contributed by atoms with Crippen LogP contribution in [0.3, 0.4) is 0 Å². The first-order valence-electron chi connectivity index (χ1n) is 10.7. The molecule has 0 saturated carbocycles. The molecule has 1 aromatic carbocycles. The first kappa shape index (κ1) is 21.9. The van der Waals surface area contributed by atoms with Crippen LogP contribution in [0.25, 0.3) is 22.2 Å². The fraction of sp³-hybridized carbons (Fsp3) is 0.208. The average molecular weight is 478 g/mol. The molecule has 1 amide bonds. The van der Waals surface area contributed by atoms with Crippen LogP contribution in [0.1, 0.15) is 16.1 Å². The molecule has 1 aliphatic heterocycles. The molecule has 0 unspecified atom stereocenters. The number of hydrogen-bond donors (Lipinski definition) is 1. The number of nitrogens with one attached hydrogen (secondary N) is 1. The van der Waals surface area contributed by atoms with Crippen LogP contribution in [0.4, 0.5) is 5.69 Å². The lowest BCUT2D eigenvalue weighted by molar-refractivity contribution is 0.0950. The van der Waals surface area contributed by atoms with Crippen LogP contribution in [0, 0.1) is 0 Å². The van der Waals surface area contributed by atoms with E-state index in [1.165, 1.54) is 18.5 Å². The minimum atomic E-state index is -3.44. The molecule has 9 nitrogen and oxygen atoms in total. The van der Waals surface area contributed by atoms with Gasteiger partial charge < -0.3 is 15.0 Å². The van der Waals surface area contributed by atoms with E-state index in [0.717, 1.165) is 50.4 Å². The molecule has 10 heteroatoms. The Morgan fingerprint density at radius 3 is 2.82 bits per heavy atom. The molecule has 174 valence electrons. The number of benzene rings is 1. The Morgan fingerprint density at radius 2 is 2.03 bits per heavy atom. The number of likely N-dealkylation sites (N-methyl/N-ethyl adjacent to an activating group) is 1. The fourth-order valence-corrected chi connectivity index (χ4v) is 4.40. The summed E-state index contributed by atoms with van der Waals surface area (Å²) in [6.07, 6.45) is 5.43. The van der Waals surface area contributed by atoms with Crippen molar-refractivity contribution in [2.24, 2.45) is 0 Å². The predicted octanol–water partition coefficient (Wildman–Crippen LogP) is 2.66. The van der Waals surface area contributed by atoms with Crippen LogP contribution in [0.15, 0.2) is 61.1 Å². The van der Waals surface area contributed by atoms with Gasteiger partial charge in [0.15, 0.2) is 0 Å². The lowest BCUT2D eigenvalue weighted by atomic mass is 10.1. The zero-order chi connectivity index (χ0) is 23.9. The second-order valence-corrected chi connectivity index (χ2v) is 10.1. The van der Waals surface area contributed by atoms with E-state index in [1.54, 1.807) is 6.20 Å². The molecule has 5 rings (SSSR count). The highest BCUT2D eigenvalue weighted by Gasteiger charge is 2.16.